The van der Waals surface area contributed by atoms with Crippen LogP contribution in [0.3, 0.4) is 0 Å². The van der Waals surface area contributed by atoms with Crippen molar-refractivity contribution in [2.45, 2.75) is 26.8 Å². The van der Waals surface area contributed by atoms with Crippen LogP contribution in [-0.2, 0) is 17.8 Å². The van der Waals surface area contributed by atoms with Crippen molar-refractivity contribution in [3.8, 4) is 11.3 Å². The predicted octanol–water partition coefficient (Wildman–Crippen LogP) is 3.68. The minimum atomic E-state index is -0.00411. The van der Waals surface area contributed by atoms with Crippen molar-refractivity contribution in [2.75, 3.05) is 0 Å². The van der Waals surface area contributed by atoms with Crippen molar-refractivity contribution in [1.29, 1.82) is 0 Å². The molecule has 0 bridgehead atoms. The van der Waals surface area contributed by atoms with Gasteiger partial charge in [0.1, 0.15) is 0 Å². The van der Waals surface area contributed by atoms with Gasteiger partial charge in [0.2, 0.25) is 5.91 Å². The van der Waals surface area contributed by atoms with Crippen molar-refractivity contribution in [3.63, 3.8) is 0 Å². The van der Waals surface area contributed by atoms with Crippen LogP contribution in [-0.4, -0.2) is 15.9 Å². The van der Waals surface area contributed by atoms with E-state index in [0.29, 0.717) is 13.0 Å². The van der Waals surface area contributed by atoms with Gasteiger partial charge in [0, 0.05) is 16.6 Å². The van der Waals surface area contributed by atoms with E-state index in [4.69, 9.17) is 0 Å². The van der Waals surface area contributed by atoms with Crippen LogP contribution < -0.4 is 5.32 Å². The number of aryl methyl sites for hydroxylation is 2. The van der Waals surface area contributed by atoms with E-state index in [0.717, 1.165) is 33.2 Å². The van der Waals surface area contributed by atoms with Crippen LogP contribution in [0, 0.1) is 13.8 Å². The molecule has 0 radical (unpaired) electrons. The van der Waals surface area contributed by atoms with Gasteiger partial charge in [0.25, 0.3) is 0 Å². The molecule has 3 aromatic rings. The maximum absolute atomic E-state index is 12.1. The fraction of sp³-hybridized carbons (Fsp3) is 0.211. The van der Waals surface area contributed by atoms with E-state index >= 15 is 0 Å². The Bertz CT molecular complexity index is 840. The quantitative estimate of drug-likeness (QED) is 0.773. The van der Waals surface area contributed by atoms with Crippen molar-refractivity contribution >= 4 is 17.2 Å². The number of amides is 1. The van der Waals surface area contributed by atoms with Gasteiger partial charge in [0.05, 0.1) is 29.4 Å². The van der Waals surface area contributed by atoms with E-state index in [1.54, 1.807) is 11.3 Å². The first-order valence-electron chi connectivity index (χ1n) is 7.81. The summed E-state index contributed by atoms with van der Waals surface area (Å²) >= 11 is 1.64. The second-order valence-corrected chi connectivity index (χ2v) is 6.73. The summed E-state index contributed by atoms with van der Waals surface area (Å²) < 4.78 is 0. The topological polar surface area (TPSA) is 54.9 Å². The van der Waals surface area contributed by atoms with Gasteiger partial charge in [-0.05, 0) is 31.5 Å². The molecule has 0 saturated carbocycles. The number of carbonyl (C=O) groups is 1. The normalized spacial score (nSPS) is 10.6. The second kappa shape index (κ2) is 7.36. The fourth-order valence-electron chi connectivity index (χ4n) is 2.42. The van der Waals surface area contributed by atoms with Gasteiger partial charge in [-0.1, -0.05) is 30.3 Å². The number of hydrogen-bond donors (Lipinski definition) is 1. The van der Waals surface area contributed by atoms with Gasteiger partial charge in [-0.2, -0.15) is 0 Å². The maximum atomic E-state index is 12.1. The van der Waals surface area contributed by atoms with Crippen molar-refractivity contribution in [3.05, 3.63) is 69.8 Å². The smallest absolute Gasteiger partial charge is 0.224 e. The molecule has 0 aliphatic rings. The van der Waals surface area contributed by atoms with E-state index in [-0.39, 0.29) is 5.91 Å². The van der Waals surface area contributed by atoms with Crippen LogP contribution in [0.2, 0.25) is 0 Å². The van der Waals surface area contributed by atoms with Crippen molar-refractivity contribution in [1.82, 2.24) is 15.3 Å². The average Bonchev–Trinajstić information content (AvgIpc) is 3.00. The molecule has 0 saturated heterocycles. The molecule has 1 aromatic carbocycles. The minimum Gasteiger partial charge on any atom is -0.350 e. The van der Waals surface area contributed by atoms with E-state index in [1.807, 2.05) is 61.7 Å². The summed E-state index contributed by atoms with van der Waals surface area (Å²) in [5.74, 6) is -0.00411. The highest BCUT2D eigenvalue weighted by Gasteiger charge is 2.06. The Morgan fingerprint density at radius 1 is 1.08 bits per heavy atom. The number of benzene rings is 1. The Labute approximate surface area is 145 Å². The molecule has 24 heavy (non-hydrogen) atoms. The molecule has 0 aliphatic heterocycles. The molecule has 4 nitrogen and oxygen atoms in total. The van der Waals surface area contributed by atoms with Crippen molar-refractivity contribution < 1.29 is 4.79 Å². The Kier molecular flexibility index (Phi) is 5.01. The molecule has 3 rings (SSSR count). The van der Waals surface area contributed by atoms with Crippen LogP contribution in [0.1, 0.15) is 22.0 Å². The molecule has 5 heteroatoms. The third kappa shape index (κ3) is 4.26. The van der Waals surface area contributed by atoms with Crippen LogP contribution in [0.5, 0.6) is 0 Å². The summed E-state index contributed by atoms with van der Waals surface area (Å²) in [7, 11) is 0. The van der Waals surface area contributed by atoms with Gasteiger partial charge in [-0.3, -0.25) is 9.78 Å². The SMILES string of the molecule is Cc1cccc(CNC(=O)Cc2ccc(-c3csc(C)n3)cc2)n1. The average molecular weight is 337 g/mol. The first kappa shape index (κ1) is 16.3. The first-order chi connectivity index (χ1) is 11.6. The Balaban J connectivity index is 1.56. The Morgan fingerprint density at radius 2 is 1.88 bits per heavy atom. The zero-order chi connectivity index (χ0) is 16.9. The summed E-state index contributed by atoms with van der Waals surface area (Å²) in [6.07, 6.45) is 0.363. The molecule has 122 valence electrons. The number of thiazole rings is 1. The molecule has 2 heterocycles. The van der Waals surface area contributed by atoms with E-state index < -0.39 is 0 Å². The van der Waals surface area contributed by atoms with E-state index in [9.17, 15) is 4.79 Å². The largest absolute Gasteiger partial charge is 0.350 e. The van der Waals surface area contributed by atoms with Crippen LogP contribution >= 0.6 is 11.3 Å². The summed E-state index contributed by atoms with van der Waals surface area (Å²) in [4.78, 5) is 20.9. The predicted molar refractivity (Wildman–Crippen MR) is 96.8 cm³/mol. The first-order valence-corrected chi connectivity index (χ1v) is 8.69. The number of nitrogens with zero attached hydrogens (tertiary/aromatic N) is 2. The molecule has 1 amide bonds. The summed E-state index contributed by atoms with van der Waals surface area (Å²) in [6.45, 7) is 4.39. The fourth-order valence-corrected chi connectivity index (χ4v) is 3.05. The van der Waals surface area contributed by atoms with E-state index in [2.05, 4.69) is 15.3 Å². The number of nitrogens with one attached hydrogen (secondary N) is 1. The monoisotopic (exact) mass is 337 g/mol. The lowest BCUT2D eigenvalue weighted by Gasteiger charge is -2.06. The molecule has 0 aliphatic carbocycles. The Morgan fingerprint density at radius 3 is 2.54 bits per heavy atom. The minimum absolute atomic E-state index is 0.00411. The maximum Gasteiger partial charge on any atom is 0.224 e. The third-order valence-electron chi connectivity index (χ3n) is 3.65. The number of rotatable bonds is 5. The number of pyridine rings is 1. The molecule has 2 aromatic heterocycles. The highest BCUT2D eigenvalue weighted by Crippen LogP contribution is 2.21. The summed E-state index contributed by atoms with van der Waals surface area (Å²) in [5, 5.41) is 6.01. The highest BCUT2D eigenvalue weighted by molar-refractivity contribution is 7.09. The zero-order valence-corrected chi connectivity index (χ0v) is 14.6. The number of hydrogen-bond acceptors (Lipinski definition) is 4. The standard InChI is InChI=1S/C19H19N3OS/c1-13-4-3-5-17(21-13)11-20-19(23)10-15-6-8-16(9-7-15)18-12-24-14(2)22-18/h3-9,12H,10-11H2,1-2H3,(H,20,23). The van der Waals surface area contributed by atoms with Gasteiger partial charge in [0.15, 0.2) is 0 Å². The van der Waals surface area contributed by atoms with Crippen molar-refractivity contribution in [2.24, 2.45) is 0 Å². The second-order valence-electron chi connectivity index (χ2n) is 5.67. The van der Waals surface area contributed by atoms with Gasteiger partial charge in [-0.15, -0.1) is 11.3 Å². The summed E-state index contributed by atoms with van der Waals surface area (Å²) in [6, 6.07) is 13.8. The molecule has 0 unspecified atom stereocenters. The number of carbonyl (C=O) groups excluding carboxylic acids is 1. The molecule has 0 fully saturated rings. The highest BCUT2D eigenvalue weighted by atomic mass is 32.1. The lowest BCUT2D eigenvalue weighted by molar-refractivity contribution is -0.120. The Hall–Kier alpha value is -2.53. The molecule has 1 N–H and O–H groups in total. The molecule has 0 atom stereocenters. The van der Waals surface area contributed by atoms with E-state index in [1.165, 1.54) is 0 Å². The van der Waals surface area contributed by atoms with Crippen LogP contribution in [0.4, 0.5) is 0 Å². The van der Waals surface area contributed by atoms with Gasteiger partial charge >= 0.3 is 0 Å². The van der Waals surface area contributed by atoms with Crippen LogP contribution in [0.15, 0.2) is 47.8 Å². The molecular formula is C19H19N3OS. The zero-order valence-electron chi connectivity index (χ0n) is 13.7. The molecule has 0 spiro atoms. The van der Waals surface area contributed by atoms with Gasteiger partial charge in [-0.25, -0.2) is 4.98 Å². The third-order valence-corrected chi connectivity index (χ3v) is 4.42. The number of aromatic nitrogens is 2. The lowest BCUT2D eigenvalue weighted by Crippen LogP contribution is -2.25. The lowest BCUT2D eigenvalue weighted by atomic mass is 10.1. The molecular weight excluding hydrogens is 318 g/mol. The van der Waals surface area contributed by atoms with Gasteiger partial charge < -0.3 is 5.32 Å². The summed E-state index contributed by atoms with van der Waals surface area (Å²) in [5.41, 5.74) is 4.87. The van der Waals surface area contributed by atoms with Crippen LogP contribution in [0.25, 0.3) is 11.3 Å².